The lowest BCUT2D eigenvalue weighted by Gasteiger charge is -2.35. The summed E-state index contributed by atoms with van der Waals surface area (Å²) in [6, 6.07) is 7.97. The van der Waals surface area contributed by atoms with E-state index in [4.69, 9.17) is 0 Å². The Kier molecular flexibility index (Phi) is 9.13. The molecule has 0 radical (unpaired) electrons. The highest BCUT2D eigenvalue weighted by atomic mass is 19.4. The van der Waals surface area contributed by atoms with Gasteiger partial charge in [0.05, 0.1) is 11.1 Å². The molecular formula is C30H32F6N2O3. The van der Waals surface area contributed by atoms with Crippen LogP contribution in [0.15, 0.2) is 42.5 Å². The minimum Gasteiger partial charge on any atom is -0.349 e. The van der Waals surface area contributed by atoms with Crippen molar-refractivity contribution >= 4 is 17.6 Å². The number of alkyl halides is 6. The Labute approximate surface area is 234 Å². The van der Waals surface area contributed by atoms with Crippen LogP contribution in [0.3, 0.4) is 0 Å². The summed E-state index contributed by atoms with van der Waals surface area (Å²) >= 11 is 0. The molecule has 1 heterocycles. The second-order valence-corrected chi connectivity index (χ2v) is 11.0. The smallest absolute Gasteiger partial charge is 0.349 e. The summed E-state index contributed by atoms with van der Waals surface area (Å²) in [5.74, 6) is -1.52. The van der Waals surface area contributed by atoms with Gasteiger partial charge in [-0.1, -0.05) is 31.0 Å². The summed E-state index contributed by atoms with van der Waals surface area (Å²) < 4.78 is 79.3. The van der Waals surface area contributed by atoms with Crippen molar-refractivity contribution in [1.82, 2.24) is 10.2 Å². The monoisotopic (exact) mass is 582 g/mol. The number of halogens is 6. The molecule has 41 heavy (non-hydrogen) atoms. The maximum absolute atomic E-state index is 13.2. The highest BCUT2D eigenvalue weighted by Crippen LogP contribution is 2.37. The molecule has 1 aliphatic heterocycles. The fourth-order valence-corrected chi connectivity index (χ4v) is 5.81. The summed E-state index contributed by atoms with van der Waals surface area (Å²) in [6.45, 7) is 1.95. The van der Waals surface area contributed by atoms with E-state index in [9.17, 15) is 40.7 Å². The predicted molar refractivity (Wildman–Crippen MR) is 139 cm³/mol. The number of hydrogen-bond donors (Lipinski definition) is 1. The Morgan fingerprint density at radius 3 is 2.02 bits per heavy atom. The number of ketones is 1. The first-order valence-electron chi connectivity index (χ1n) is 13.7. The first-order valence-corrected chi connectivity index (χ1v) is 13.7. The molecule has 4 rings (SSSR count). The van der Waals surface area contributed by atoms with Gasteiger partial charge in [-0.3, -0.25) is 14.4 Å². The van der Waals surface area contributed by atoms with Gasteiger partial charge in [-0.25, -0.2) is 0 Å². The third-order valence-corrected chi connectivity index (χ3v) is 8.15. The van der Waals surface area contributed by atoms with E-state index < -0.39 is 35.0 Å². The molecule has 2 amide bonds. The Hall–Kier alpha value is -3.37. The largest absolute Gasteiger partial charge is 0.416 e. The normalized spacial score (nSPS) is 20.5. The van der Waals surface area contributed by atoms with E-state index in [2.05, 4.69) is 5.32 Å². The first kappa shape index (κ1) is 30.6. The third kappa shape index (κ3) is 7.48. The van der Waals surface area contributed by atoms with Crippen LogP contribution in [0.1, 0.15) is 82.4 Å². The fraction of sp³-hybridized carbons (Fsp3) is 0.500. The second kappa shape index (κ2) is 12.2. The van der Waals surface area contributed by atoms with Crippen molar-refractivity contribution in [1.29, 1.82) is 0 Å². The number of Topliss-reactive ketones (excluding diaryl/α,β-unsaturated/α-hetero) is 1. The number of carbonyl (C=O) groups excluding carboxylic acids is 3. The zero-order chi connectivity index (χ0) is 29.9. The number of likely N-dealkylation sites (tertiary alicyclic amines) is 1. The molecule has 2 aliphatic rings. The number of benzene rings is 2. The maximum Gasteiger partial charge on any atom is 0.416 e. The topological polar surface area (TPSA) is 66.5 Å². The Bertz CT molecular complexity index is 1250. The van der Waals surface area contributed by atoms with E-state index in [1.807, 2.05) is 19.1 Å². The average molecular weight is 583 g/mol. The minimum absolute atomic E-state index is 0.00225. The first-order chi connectivity index (χ1) is 19.2. The van der Waals surface area contributed by atoms with Crippen LogP contribution >= 0.6 is 0 Å². The molecule has 2 aromatic rings. The van der Waals surface area contributed by atoms with Crippen LogP contribution in [0.4, 0.5) is 26.3 Å². The number of piperidine rings is 1. The van der Waals surface area contributed by atoms with Crippen LogP contribution in [0.5, 0.6) is 0 Å². The van der Waals surface area contributed by atoms with Crippen molar-refractivity contribution in [3.8, 4) is 0 Å². The van der Waals surface area contributed by atoms with Gasteiger partial charge in [0.2, 0.25) is 0 Å². The van der Waals surface area contributed by atoms with Crippen LogP contribution in [0, 0.1) is 18.8 Å². The van der Waals surface area contributed by atoms with Gasteiger partial charge in [0.25, 0.3) is 11.8 Å². The lowest BCUT2D eigenvalue weighted by atomic mass is 9.78. The van der Waals surface area contributed by atoms with E-state index in [0.717, 1.165) is 31.2 Å². The Morgan fingerprint density at radius 2 is 1.44 bits per heavy atom. The molecule has 1 aliphatic carbocycles. The van der Waals surface area contributed by atoms with Crippen molar-refractivity contribution < 1.29 is 40.7 Å². The fourth-order valence-electron chi connectivity index (χ4n) is 5.81. The molecule has 5 nitrogen and oxygen atoms in total. The third-order valence-electron chi connectivity index (χ3n) is 8.15. The van der Waals surface area contributed by atoms with Crippen LogP contribution in [-0.2, 0) is 17.1 Å². The van der Waals surface area contributed by atoms with E-state index in [1.54, 1.807) is 12.1 Å². The Balaban J connectivity index is 1.37. The molecule has 1 N–H and O–H groups in total. The maximum atomic E-state index is 13.2. The van der Waals surface area contributed by atoms with Gasteiger partial charge < -0.3 is 10.2 Å². The van der Waals surface area contributed by atoms with Crippen molar-refractivity contribution in [3.05, 3.63) is 70.3 Å². The van der Waals surface area contributed by atoms with Gasteiger partial charge in [-0.15, -0.1) is 0 Å². The summed E-state index contributed by atoms with van der Waals surface area (Å²) in [5, 5.41) is 3.10. The van der Waals surface area contributed by atoms with Crippen molar-refractivity contribution in [3.63, 3.8) is 0 Å². The number of nitrogens with one attached hydrogen (secondary N) is 1. The quantitative estimate of drug-likeness (QED) is 0.380. The lowest BCUT2D eigenvalue weighted by molar-refractivity contribution is -0.143. The number of amides is 2. The van der Waals surface area contributed by atoms with Crippen molar-refractivity contribution in [2.75, 3.05) is 13.1 Å². The van der Waals surface area contributed by atoms with Gasteiger partial charge in [-0.05, 0) is 68.4 Å². The molecule has 0 aromatic heterocycles. The SMILES string of the molecule is Cc1ccccc1C(=O)N[C@@H]1CCCCC1CC(=O)C1CCN(C(=O)c2cc(C(F)(F)F)cc(C(F)(F)F)c2)CC1. The summed E-state index contributed by atoms with van der Waals surface area (Å²) in [4.78, 5) is 40.2. The van der Waals surface area contributed by atoms with Gasteiger partial charge in [0, 0.05) is 42.6 Å². The van der Waals surface area contributed by atoms with Crippen LogP contribution in [0.25, 0.3) is 0 Å². The van der Waals surface area contributed by atoms with E-state index >= 15 is 0 Å². The molecule has 11 heteroatoms. The number of hydrogen-bond acceptors (Lipinski definition) is 3. The molecule has 1 unspecified atom stereocenters. The van der Waals surface area contributed by atoms with Crippen LogP contribution < -0.4 is 5.32 Å². The van der Waals surface area contributed by atoms with E-state index in [-0.39, 0.29) is 68.0 Å². The molecule has 222 valence electrons. The summed E-state index contributed by atoms with van der Waals surface area (Å²) in [7, 11) is 0. The van der Waals surface area contributed by atoms with E-state index in [1.165, 1.54) is 4.90 Å². The molecular weight excluding hydrogens is 550 g/mol. The number of nitrogens with zero attached hydrogens (tertiary/aromatic N) is 1. The highest BCUT2D eigenvalue weighted by molar-refractivity contribution is 5.96. The molecule has 1 saturated heterocycles. The van der Waals surface area contributed by atoms with Crippen LogP contribution in [-0.4, -0.2) is 41.6 Å². The molecule has 1 saturated carbocycles. The molecule has 0 bridgehead atoms. The highest BCUT2D eigenvalue weighted by Gasteiger charge is 2.39. The predicted octanol–water partition coefficient (Wildman–Crippen LogP) is 6.83. The van der Waals surface area contributed by atoms with Gasteiger partial charge in [0.1, 0.15) is 5.78 Å². The van der Waals surface area contributed by atoms with Gasteiger partial charge >= 0.3 is 12.4 Å². The molecule has 0 spiro atoms. The Morgan fingerprint density at radius 1 is 0.854 bits per heavy atom. The van der Waals surface area contributed by atoms with Gasteiger partial charge in [-0.2, -0.15) is 26.3 Å². The van der Waals surface area contributed by atoms with Gasteiger partial charge in [0.15, 0.2) is 0 Å². The molecule has 2 aromatic carbocycles. The number of rotatable bonds is 6. The minimum atomic E-state index is -5.05. The summed E-state index contributed by atoms with van der Waals surface area (Å²) in [6.07, 6.45) is -5.87. The van der Waals surface area contributed by atoms with E-state index in [0.29, 0.717) is 17.7 Å². The molecule has 2 fully saturated rings. The standard InChI is InChI=1S/C30H32F6N2O3/c1-18-6-2-4-8-24(18)27(40)37-25-9-5-3-7-20(25)16-26(39)19-10-12-38(13-11-19)28(41)21-14-22(29(31,32)33)17-23(15-21)30(34,35)36/h2,4,6,8,14-15,17,19-20,25H,3,5,7,9-13,16H2,1H3,(H,37,40)/t20?,25-/m1/s1. The average Bonchev–Trinajstić information content (AvgIpc) is 2.92. The second-order valence-electron chi connectivity index (χ2n) is 11.0. The van der Waals surface area contributed by atoms with Crippen LogP contribution in [0.2, 0.25) is 0 Å². The number of carbonyl (C=O) groups is 3. The summed E-state index contributed by atoms with van der Waals surface area (Å²) in [5.41, 5.74) is -2.33. The number of aryl methyl sites for hydroxylation is 1. The molecule has 2 atom stereocenters. The zero-order valence-electron chi connectivity index (χ0n) is 22.6. The van der Waals surface area contributed by atoms with Crippen molar-refractivity contribution in [2.24, 2.45) is 11.8 Å². The lowest BCUT2D eigenvalue weighted by Crippen LogP contribution is -2.44. The zero-order valence-corrected chi connectivity index (χ0v) is 22.6. The van der Waals surface area contributed by atoms with Crippen molar-refractivity contribution in [2.45, 2.75) is 70.3 Å².